The highest BCUT2D eigenvalue weighted by molar-refractivity contribution is 7.13. The molecule has 2 heterocycles. The van der Waals surface area contributed by atoms with E-state index in [0.29, 0.717) is 11.6 Å². The Bertz CT molecular complexity index is 713. The quantitative estimate of drug-likeness (QED) is 0.370. The lowest BCUT2D eigenvalue weighted by molar-refractivity contribution is 0.0525. The molecule has 0 spiro atoms. The highest BCUT2D eigenvalue weighted by Gasteiger charge is 2.11. The number of unbranched alkanes of at least 4 members (excludes halogenated alkanes) is 4. The zero-order valence-corrected chi connectivity index (χ0v) is 18.5. The molecule has 0 radical (unpaired) electrons. The number of hydrogen-bond acceptors (Lipinski definition) is 7. The second kappa shape index (κ2) is 14.2. The minimum atomic E-state index is -0.924. The third kappa shape index (κ3) is 9.41. The third-order valence-electron chi connectivity index (χ3n) is 3.79. The number of hydrogen-bond donors (Lipinski definition) is 1. The largest absolute Gasteiger partial charge is 0.476 e. The fourth-order valence-corrected chi connectivity index (χ4v) is 3.97. The van der Waals surface area contributed by atoms with Crippen molar-refractivity contribution in [2.24, 2.45) is 0 Å². The number of esters is 1. The van der Waals surface area contributed by atoms with Gasteiger partial charge in [0.25, 0.3) is 0 Å². The molecule has 0 atom stereocenters. The molecule has 2 aromatic rings. The summed E-state index contributed by atoms with van der Waals surface area (Å²) in [6, 6.07) is 0. The van der Waals surface area contributed by atoms with Crippen molar-refractivity contribution in [3.63, 3.8) is 0 Å². The molecule has 156 valence electrons. The van der Waals surface area contributed by atoms with Gasteiger partial charge in [-0.3, -0.25) is 0 Å². The fraction of sp³-hybridized carbons (Fsp3) is 0.600. The predicted octanol–water partition coefficient (Wildman–Crippen LogP) is 5.63. The molecule has 28 heavy (non-hydrogen) atoms. The lowest BCUT2D eigenvalue weighted by Crippen LogP contribution is -2.03. The van der Waals surface area contributed by atoms with E-state index in [1.807, 2.05) is 0 Å². The molecule has 1 N–H and O–H groups in total. The molecule has 0 fully saturated rings. The van der Waals surface area contributed by atoms with Crippen LogP contribution in [-0.2, 0) is 17.6 Å². The van der Waals surface area contributed by atoms with Crippen LogP contribution in [0.2, 0.25) is 0 Å². The Balaban J connectivity index is 0.000000283. The third-order valence-corrected chi connectivity index (χ3v) is 5.88. The van der Waals surface area contributed by atoms with Crippen LogP contribution >= 0.6 is 22.7 Å². The molecule has 0 aliphatic rings. The van der Waals surface area contributed by atoms with Crippen molar-refractivity contribution < 1.29 is 19.4 Å². The highest BCUT2D eigenvalue weighted by atomic mass is 32.1. The first-order valence-corrected chi connectivity index (χ1v) is 11.4. The van der Waals surface area contributed by atoms with Gasteiger partial charge in [-0.1, -0.05) is 39.5 Å². The maximum atomic E-state index is 11.3. The predicted molar refractivity (Wildman–Crippen MR) is 114 cm³/mol. The van der Waals surface area contributed by atoms with Gasteiger partial charge in [0, 0.05) is 22.1 Å². The van der Waals surface area contributed by atoms with Crippen LogP contribution in [0.1, 0.15) is 88.7 Å². The summed E-state index contributed by atoms with van der Waals surface area (Å²) in [7, 11) is 0. The number of nitrogens with zero attached hydrogens (tertiary/aromatic N) is 2. The van der Waals surface area contributed by atoms with Crippen LogP contribution in [0.4, 0.5) is 0 Å². The number of ether oxygens (including phenoxy) is 1. The van der Waals surface area contributed by atoms with E-state index >= 15 is 0 Å². The fourth-order valence-electron chi connectivity index (χ4n) is 2.33. The van der Waals surface area contributed by atoms with E-state index in [4.69, 9.17) is 9.84 Å². The number of carboxylic acids is 1. The number of aromatic carboxylic acids is 1. The van der Waals surface area contributed by atoms with Gasteiger partial charge in [0.2, 0.25) is 10.0 Å². The van der Waals surface area contributed by atoms with Gasteiger partial charge >= 0.3 is 11.9 Å². The number of carbonyl (C=O) groups is 2. The van der Waals surface area contributed by atoms with Crippen LogP contribution in [0.25, 0.3) is 0 Å². The van der Waals surface area contributed by atoms with Crippen molar-refractivity contribution in [2.45, 2.75) is 72.1 Å². The van der Waals surface area contributed by atoms with Crippen LogP contribution in [-0.4, -0.2) is 33.6 Å². The summed E-state index contributed by atoms with van der Waals surface area (Å²) in [5.41, 5.74) is 0. The van der Waals surface area contributed by atoms with Gasteiger partial charge in [-0.05, 0) is 32.6 Å². The van der Waals surface area contributed by atoms with Gasteiger partial charge in [-0.25, -0.2) is 19.6 Å². The first-order chi connectivity index (χ1) is 13.5. The minimum absolute atomic E-state index is 0.200. The van der Waals surface area contributed by atoms with Gasteiger partial charge < -0.3 is 9.84 Å². The monoisotopic (exact) mass is 426 g/mol. The van der Waals surface area contributed by atoms with Crippen molar-refractivity contribution in [3.8, 4) is 0 Å². The van der Waals surface area contributed by atoms with E-state index in [9.17, 15) is 9.59 Å². The molecule has 0 amide bonds. The Morgan fingerprint density at radius 1 is 0.893 bits per heavy atom. The first kappa shape index (κ1) is 24.2. The summed E-state index contributed by atoms with van der Waals surface area (Å²) in [4.78, 5) is 31.9. The number of aryl methyl sites for hydroxylation is 2. The van der Waals surface area contributed by atoms with E-state index in [0.717, 1.165) is 24.1 Å². The van der Waals surface area contributed by atoms with Gasteiger partial charge in [-0.15, -0.1) is 22.7 Å². The number of thiazole rings is 2. The Hall–Kier alpha value is -1.80. The lowest BCUT2D eigenvalue weighted by atomic mass is 10.2. The van der Waals surface area contributed by atoms with Gasteiger partial charge in [0.05, 0.1) is 6.61 Å². The molecular formula is C20H30N2O4S2. The molecule has 0 aliphatic carbocycles. The topological polar surface area (TPSA) is 89.4 Å². The zero-order valence-electron chi connectivity index (χ0n) is 16.9. The normalized spacial score (nSPS) is 10.2. The summed E-state index contributed by atoms with van der Waals surface area (Å²) in [6.07, 6.45) is 12.5. The Labute approximate surface area is 175 Å². The SMILES string of the molecule is CCCCCc1cnc(C(=O)O)s1.CCCCCc1cnc(C(=O)OCC)s1. The number of carboxylic acid groups (broad SMARTS) is 1. The van der Waals surface area contributed by atoms with E-state index < -0.39 is 5.97 Å². The number of rotatable bonds is 11. The molecule has 6 nitrogen and oxygen atoms in total. The molecule has 0 aliphatic heterocycles. The second-order valence-electron chi connectivity index (χ2n) is 6.20. The van der Waals surface area contributed by atoms with Gasteiger partial charge in [-0.2, -0.15) is 0 Å². The molecule has 8 heteroatoms. The summed E-state index contributed by atoms with van der Waals surface area (Å²) >= 11 is 2.73. The van der Waals surface area contributed by atoms with Crippen molar-refractivity contribution in [1.82, 2.24) is 9.97 Å². The Kier molecular flexibility index (Phi) is 12.3. The van der Waals surface area contributed by atoms with E-state index in [1.165, 1.54) is 59.7 Å². The molecule has 2 aromatic heterocycles. The average Bonchev–Trinajstić information content (AvgIpc) is 3.33. The second-order valence-corrected chi connectivity index (χ2v) is 8.43. The van der Waals surface area contributed by atoms with E-state index in [-0.39, 0.29) is 11.0 Å². The van der Waals surface area contributed by atoms with Crippen LogP contribution in [0.15, 0.2) is 12.4 Å². The van der Waals surface area contributed by atoms with Gasteiger partial charge in [0.15, 0.2) is 0 Å². The molecule has 0 unspecified atom stereocenters. The van der Waals surface area contributed by atoms with Crippen LogP contribution in [0.3, 0.4) is 0 Å². The van der Waals surface area contributed by atoms with Crippen LogP contribution in [0, 0.1) is 0 Å². The lowest BCUT2D eigenvalue weighted by Gasteiger charge is -1.96. The average molecular weight is 427 g/mol. The Morgan fingerprint density at radius 3 is 1.82 bits per heavy atom. The first-order valence-electron chi connectivity index (χ1n) is 9.81. The van der Waals surface area contributed by atoms with E-state index in [2.05, 4.69) is 23.8 Å². The molecular weight excluding hydrogens is 396 g/mol. The van der Waals surface area contributed by atoms with Crippen molar-refractivity contribution in [3.05, 3.63) is 32.2 Å². The zero-order chi connectivity index (χ0) is 20.8. The maximum Gasteiger partial charge on any atom is 0.367 e. The van der Waals surface area contributed by atoms with Gasteiger partial charge in [0.1, 0.15) is 0 Å². The van der Waals surface area contributed by atoms with Crippen molar-refractivity contribution in [2.75, 3.05) is 6.61 Å². The standard InChI is InChI=1S/C11H17NO2S.C9H13NO2S/c1-3-5-6-7-9-8-12-10(15-9)11(13)14-4-2;1-2-3-4-5-7-6-10-8(13-7)9(11)12/h8H,3-7H2,1-2H3;6H,2-5H2,1H3,(H,11,12). The van der Waals surface area contributed by atoms with Crippen molar-refractivity contribution in [1.29, 1.82) is 0 Å². The smallest absolute Gasteiger partial charge is 0.367 e. The minimum Gasteiger partial charge on any atom is -0.476 e. The maximum absolute atomic E-state index is 11.3. The summed E-state index contributed by atoms with van der Waals surface area (Å²) < 4.78 is 4.88. The van der Waals surface area contributed by atoms with Crippen LogP contribution in [0.5, 0.6) is 0 Å². The molecule has 0 aromatic carbocycles. The molecule has 0 bridgehead atoms. The molecule has 2 rings (SSSR count). The number of carbonyl (C=O) groups excluding carboxylic acids is 1. The molecule has 0 saturated carbocycles. The van der Waals surface area contributed by atoms with Crippen LogP contribution < -0.4 is 0 Å². The summed E-state index contributed by atoms with van der Waals surface area (Å²) in [5.74, 6) is -1.23. The Morgan fingerprint density at radius 2 is 1.39 bits per heavy atom. The molecule has 0 saturated heterocycles. The highest BCUT2D eigenvalue weighted by Crippen LogP contribution is 2.17. The number of aromatic nitrogens is 2. The summed E-state index contributed by atoms with van der Waals surface area (Å²) in [6.45, 7) is 6.53. The summed E-state index contributed by atoms with van der Waals surface area (Å²) in [5, 5.41) is 9.29. The van der Waals surface area contributed by atoms with E-state index in [1.54, 1.807) is 19.3 Å². The van der Waals surface area contributed by atoms with Crippen molar-refractivity contribution >= 4 is 34.6 Å².